The minimum atomic E-state index is 0.356. The van der Waals surface area contributed by atoms with E-state index in [1.807, 2.05) is 0 Å². The Bertz CT molecular complexity index is 562. The zero-order chi connectivity index (χ0) is 20.6. The van der Waals surface area contributed by atoms with Crippen molar-refractivity contribution in [2.45, 2.75) is 77.7 Å². The lowest BCUT2D eigenvalue weighted by atomic mass is 10.1. The lowest BCUT2D eigenvalue weighted by Gasteiger charge is -2.25. The van der Waals surface area contributed by atoms with E-state index in [1.165, 1.54) is 24.0 Å². The number of ether oxygens (including phenoxy) is 1. The van der Waals surface area contributed by atoms with Crippen molar-refractivity contribution in [2.24, 2.45) is 0 Å². The van der Waals surface area contributed by atoms with Crippen molar-refractivity contribution in [3.63, 3.8) is 0 Å². The summed E-state index contributed by atoms with van der Waals surface area (Å²) >= 11 is 0. The van der Waals surface area contributed by atoms with E-state index in [0.717, 1.165) is 51.9 Å². The summed E-state index contributed by atoms with van der Waals surface area (Å²) in [5.41, 5.74) is 2.68. The highest BCUT2D eigenvalue weighted by Crippen LogP contribution is 2.15. The van der Waals surface area contributed by atoms with Gasteiger partial charge in [-0.2, -0.15) is 0 Å². The molecule has 2 atom stereocenters. The molecule has 0 saturated heterocycles. The molecule has 0 bridgehead atoms. The summed E-state index contributed by atoms with van der Waals surface area (Å²) in [6.45, 7) is 8.38. The molecular formula is C26H40N2O. The van der Waals surface area contributed by atoms with Gasteiger partial charge in [-0.25, -0.2) is 0 Å². The molecule has 0 saturated carbocycles. The monoisotopic (exact) mass is 396 g/mol. The second-order valence-corrected chi connectivity index (χ2v) is 7.86. The van der Waals surface area contributed by atoms with Crippen LogP contribution in [-0.2, 0) is 17.8 Å². The largest absolute Gasteiger partial charge is 0.375 e. The molecule has 29 heavy (non-hydrogen) atoms. The Kier molecular flexibility index (Phi) is 12.4. The van der Waals surface area contributed by atoms with Gasteiger partial charge in [-0.05, 0) is 49.9 Å². The zero-order valence-corrected chi connectivity index (χ0v) is 18.4. The van der Waals surface area contributed by atoms with Crippen LogP contribution in [0.1, 0.15) is 63.5 Å². The highest BCUT2D eigenvalue weighted by molar-refractivity contribution is 5.14. The molecule has 0 heterocycles. The summed E-state index contributed by atoms with van der Waals surface area (Å²) in [6, 6.07) is 21.2. The Morgan fingerprint density at radius 1 is 0.621 bits per heavy atom. The molecular weight excluding hydrogens is 356 g/mol. The van der Waals surface area contributed by atoms with E-state index in [9.17, 15) is 0 Å². The van der Waals surface area contributed by atoms with Crippen molar-refractivity contribution in [3.8, 4) is 0 Å². The van der Waals surface area contributed by atoms with Crippen molar-refractivity contribution in [3.05, 3.63) is 71.8 Å². The molecule has 0 aromatic heterocycles. The molecule has 2 N–H and O–H groups in total. The third-order valence-electron chi connectivity index (χ3n) is 5.24. The van der Waals surface area contributed by atoms with Gasteiger partial charge in [0.05, 0.1) is 12.2 Å². The van der Waals surface area contributed by atoms with Crippen molar-refractivity contribution in [1.29, 1.82) is 0 Å². The molecule has 3 nitrogen and oxygen atoms in total. The Hall–Kier alpha value is -1.68. The average Bonchev–Trinajstić information content (AvgIpc) is 2.76. The first-order chi connectivity index (χ1) is 14.3. The smallest absolute Gasteiger partial charge is 0.0590 e. The van der Waals surface area contributed by atoms with Gasteiger partial charge in [0.2, 0.25) is 0 Å². The molecule has 0 aliphatic heterocycles. The summed E-state index contributed by atoms with van der Waals surface area (Å²) in [7, 11) is 0. The Morgan fingerprint density at radius 2 is 1.03 bits per heavy atom. The van der Waals surface area contributed by atoms with Gasteiger partial charge in [0.1, 0.15) is 0 Å². The maximum Gasteiger partial charge on any atom is 0.0590 e. The van der Waals surface area contributed by atoms with E-state index in [1.54, 1.807) is 0 Å². The first kappa shape index (κ1) is 23.6. The normalized spacial score (nSPS) is 13.3. The SMILES string of the molecule is CCCC(CCNCc1ccccc1)OC(CCC)CCNCc1ccccc1. The van der Waals surface area contributed by atoms with Gasteiger partial charge in [-0.1, -0.05) is 87.4 Å². The van der Waals surface area contributed by atoms with Gasteiger partial charge < -0.3 is 15.4 Å². The predicted molar refractivity (Wildman–Crippen MR) is 124 cm³/mol. The minimum Gasteiger partial charge on any atom is -0.375 e. The minimum absolute atomic E-state index is 0.356. The van der Waals surface area contributed by atoms with Crippen LogP contribution in [0, 0.1) is 0 Å². The van der Waals surface area contributed by atoms with E-state index in [4.69, 9.17) is 4.74 Å². The van der Waals surface area contributed by atoms with Crippen LogP contribution >= 0.6 is 0 Å². The average molecular weight is 397 g/mol. The molecule has 0 aliphatic rings. The van der Waals surface area contributed by atoms with E-state index >= 15 is 0 Å². The molecule has 2 aromatic rings. The molecule has 3 heteroatoms. The lowest BCUT2D eigenvalue weighted by molar-refractivity contribution is -0.0281. The Balaban J connectivity index is 1.68. The molecule has 0 spiro atoms. The third-order valence-corrected chi connectivity index (χ3v) is 5.24. The molecule has 0 fully saturated rings. The van der Waals surface area contributed by atoms with E-state index < -0.39 is 0 Å². The fourth-order valence-corrected chi connectivity index (χ4v) is 3.66. The van der Waals surface area contributed by atoms with Crippen LogP contribution in [0.2, 0.25) is 0 Å². The summed E-state index contributed by atoms with van der Waals surface area (Å²) in [5.74, 6) is 0. The summed E-state index contributed by atoms with van der Waals surface area (Å²) in [4.78, 5) is 0. The highest BCUT2D eigenvalue weighted by Gasteiger charge is 2.15. The first-order valence-electron chi connectivity index (χ1n) is 11.5. The van der Waals surface area contributed by atoms with Crippen LogP contribution in [0.5, 0.6) is 0 Å². The standard InChI is InChI=1S/C26H40N2O/c1-3-11-25(17-19-27-21-23-13-7-5-8-14-23)29-26(12-4-2)18-20-28-22-24-15-9-6-10-16-24/h5-10,13-16,25-28H,3-4,11-12,17-22H2,1-2H3. The van der Waals surface area contributed by atoms with Crippen LogP contribution < -0.4 is 10.6 Å². The Labute approximate surface area is 178 Å². The van der Waals surface area contributed by atoms with Gasteiger partial charge in [-0.3, -0.25) is 0 Å². The van der Waals surface area contributed by atoms with Crippen molar-refractivity contribution in [1.82, 2.24) is 10.6 Å². The van der Waals surface area contributed by atoms with Crippen LogP contribution in [0.4, 0.5) is 0 Å². The van der Waals surface area contributed by atoms with E-state index in [-0.39, 0.29) is 0 Å². The van der Waals surface area contributed by atoms with Crippen LogP contribution in [0.15, 0.2) is 60.7 Å². The summed E-state index contributed by atoms with van der Waals surface area (Å²) < 4.78 is 6.56. The fraction of sp³-hybridized carbons (Fsp3) is 0.538. The second-order valence-electron chi connectivity index (χ2n) is 7.86. The van der Waals surface area contributed by atoms with Crippen LogP contribution in [-0.4, -0.2) is 25.3 Å². The number of hydrogen-bond acceptors (Lipinski definition) is 3. The number of hydrogen-bond donors (Lipinski definition) is 2. The molecule has 0 aliphatic carbocycles. The summed E-state index contributed by atoms with van der Waals surface area (Å²) in [5, 5.41) is 7.15. The molecule has 2 rings (SSSR count). The number of nitrogens with one attached hydrogen (secondary N) is 2. The molecule has 2 unspecified atom stereocenters. The first-order valence-corrected chi connectivity index (χ1v) is 11.5. The second kappa shape index (κ2) is 15.2. The maximum absolute atomic E-state index is 6.56. The zero-order valence-electron chi connectivity index (χ0n) is 18.4. The topological polar surface area (TPSA) is 33.3 Å². The lowest BCUT2D eigenvalue weighted by Crippen LogP contribution is -2.29. The highest BCUT2D eigenvalue weighted by atomic mass is 16.5. The summed E-state index contributed by atoms with van der Waals surface area (Å²) in [6.07, 6.45) is 7.51. The molecule has 0 amide bonds. The van der Waals surface area contributed by atoms with Gasteiger partial charge >= 0.3 is 0 Å². The van der Waals surface area contributed by atoms with Crippen molar-refractivity contribution in [2.75, 3.05) is 13.1 Å². The quantitative estimate of drug-likeness (QED) is 0.357. The van der Waals surface area contributed by atoms with Gasteiger partial charge in [0.25, 0.3) is 0 Å². The van der Waals surface area contributed by atoms with E-state index in [2.05, 4.69) is 85.1 Å². The fourth-order valence-electron chi connectivity index (χ4n) is 3.66. The Morgan fingerprint density at radius 3 is 1.41 bits per heavy atom. The predicted octanol–water partition coefficient (Wildman–Crippen LogP) is 5.70. The van der Waals surface area contributed by atoms with Crippen LogP contribution in [0.3, 0.4) is 0 Å². The molecule has 160 valence electrons. The van der Waals surface area contributed by atoms with Crippen molar-refractivity contribution < 1.29 is 4.74 Å². The van der Waals surface area contributed by atoms with Crippen LogP contribution in [0.25, 0.3) is 0 Å². The van der Waals surface area contributed by atoms with Crippen molar-refractivity contribution >= 4 is 0 Å². The third kappa shape index (κ3) is 10.6. The van der Waals surface area contributed by atoms with Gasteiger partial charge in [0, 0.05) is 13.1 Å². The molecule has 0 radical (unpaired) electrons. The number of benzene rings is 2. The van der Waals surface area contributed by atoms with E-state index in [0.29, 0.717) is 12.2 Å². The van der Waals surface area contributed by atoms with Gasteiger partial charge in [-0.15, -0.1) is 0 Å². The maximum atomic E-state index is 6.56. The van der Waals surface area contributed by atoms with Gasteiger partial charge in [0.15, 0.2) is 0 Å². The molecule has 2 aromatic carbocycles. The number of rotatable bonds is 16.